The molecule has 30 heavy (non-hydrogen) atoms. The van der Waals surface area contributed by atoms with Gasteiger partial charge >= 0.3 is 5.97 Å². The van der Waals surface area contributed by atoms with Crippen LogP contribution >= 0.6 is 0 Å². The van der Waals surface area contributed by atoms with E-state index in [2.05, 4.69) is 25.7 Å². The molecular formula is C27H41NO2. The summed E-state index contributed by atoms with van der Waals surface area (Å²) < 4.78 is 5.99. The van der Waals surface area contributed by atoms with Gasteiger partial charge in [0.05, 0.1) is 5.92 Å². The van der Waals surface area contributed by atoms with Crippen LogP contribution in [0.25, 0.3) is 0 Å². The van der Waals surface area contributed by atoms with Crippen molar-refractivity contribution in [2.75, 3.05) is 6.54 Å². The molecule has 166 valence electrons. The molecule has 0 aromatic carbocycles. The van der Waals surface area contributed by atoms with Gasteiger partial charge in [-0.05, 0) is 112 Å². The van der Waals surface area contributed by atoms with Crippen molar-refractivity contribution in [2.45, 2.75) is 90.2 Å². The van der Waals surface area contributed by atoms with Gasteiger partial charge in [-0.25, -0.2) is 0 Å². The minimum absolute atomic E-state index is 0.0498. The topological polar surface area (TPSA) is 38.3 Å². The lowest BCUT2D eigenvalue weighted by Gasteiger charge is -2.50. The highest BCUT2D eigenvalue weighted by Crippen LogP contribution is 2.59. The SMILES string of the molecule is C=C1CCC[C@]2(C)C[C@H]3OC(=O)[C@H](CN[C@H](C)[C@H]4[C@@H]5CC[C@H]6C[C@@H](C5)C[C@@H]64)[C@H]3C[C@H]12. The van der Waals surface area contributed by atoms with Crippen molar-refractivity contribution < 1.29 is 9.53 Å². The smallest absolute Gasteiger partial charge is 0.310 e. The van der Waals surface area contributed by atoms with Crippen LogP contribution in [-0.2, 0) is 9.53 Å². The molecule has 1 saturated heterocycles. The molecule has 5 saturated carbocycles. The molecule has 0 radical (unpaired) electrons. The summed E-state index contributed by atoms with van der Waals surface area (Å²) in [6, 6.07) is 0.534. The predicted octanol–water partition coefficient (Wildman–Crippen LogP) is 5.35. The van der Waals surface area contributed by atoms with Crippen LogP contribution in [0.4, 0.5) is 0 Å². The number of esters is 1. The van der Waals surface area contributed by atoms with Crippen LogP contribution in [-0.4, -0.2) is 24.7 Å². The summed E-state index contributed by atoms with van der Waals surface area (Å²) in [5.74, 6) is 5.85. The second-order valence-electron chi connectivity index (χ2n) is 12.5. The highest BCUT2D eigenvalue weighted by molar-refractivity contribution is 5.75. The Hall–Kier alpha value is -0.830. The molecule has 1 aliphatic heterocycles. The van der Waals surface area contributed by atoms with Gasteiger partial charge in [-0.3, -0.25) is 4.79 Å². The molecular weight excluding hydrogens is 370 g/mol. The number of allylic oxidation sites excluding steroid dienone is 1. The first-order valence-corrected chi connectivity index (χ1v) is 13.0. The molecule has 0 unspecified atom stereocenters. The average molecular weight is 412 g/mol. The minimum Gasteiger partial charge on any atom is -0.462 e. The summed E-state index contributed by atoms with van der Waals surface area (Å²) in [5.41, 5.74) is 1.74. The molecule has 3 nitrogen and oxygen atoms in total. The molecule has 0 amide bonds. The first-order chi connectivity index (χ1) is 14.4. The molecule has 0 aromatic rings. The lowest BCUT2D eigenvalue weighted by atomic mass is 9.55. The predicted molar refractivity (Wildman–Crippen MR) is 119 cm³/mol. The van der Waals surface area contributed by atoms with E-state index in [4.69, 9.17) is 4.74 Å². The molecule has 0 spiro atoms. The van der Waals surface area contributed by atoms with Crippen LogP contribution in [0.2, 0.25) is 0 Å². The van der Waals surface area contributed by atoms with Crippen molar-refractivity contribution in [1.29, 1.82) is 0 Å². The molecule has 6 rings (SSSR count). The Bertz CT molecular complexity index is 732. The summed E-state index contributed by atoms with van der Waals surface area (Å²) in [6.45, 7) is 10.1. The first-order valence-electron chi connectivity index (χ1n) is 13.0. The molecule has 11 atom stereocenters. The Morgan fingerprint density at radius 3 is 2.83 bits per heavy atom. The Kier molecular flexibility index (Phi) is 4.68. The van der Waals surface area contributed by atoms with Crippen molar-refractivity contribution in [2.24, 2.45) is 52.8 Å². The zero-order chi connectivity index (χ0) is 20.6. The molecule has 1 N–H and O–H groups in total. The summed E-state index contributed by atoms with van der Waals surface area (Å²) in [7, 11) is 0. The van der Waals surface area contributed by atoms with Gasteiger partial charge < -0.3 is 10.1 Å². The number of hydrogen-bond donors (Lipinski definition) is 1. The van der Waals surface area contributed by atoms with Crippen LogP contribution in [0.15, 0.2) is 12.2 Å². The Morgan fingerprint density at radius 2 is 1.97 bits per heavy atom. The minimum atomic E-state index is 0.0498. The fourth-order valence-electron chi connectivity index (χ4n) is 9.66. The number of ether oxygens (including phenoxy) is 1. The summed E-state index contributed by atoms with van der Waals surface area (Å²) in [4.78, 5) is 12.9. The van der Waals surface area contributed by atoms with E-state index in [9.17, 15) is 4.79 Å². The van der Waals surface area contributed by atoms with Gasteiger partial charge in [-0.1, -0.05) is 19.1 Å². The normalized spacial score (nSPS) is 52.7. The molecule has 3 bridgehead atoms. The average Bonchev–Trinajstić information content (AvgIpc) is 3.10. The van der Waals surface area contributed by atoms with E-state index in [1.807, 2.05) is 0 Å². The first kappa shape index (κ1) is 19.8. The summed E-state index contributed by atoms with van der Waals surface area (Å²) in [5, 5.41) is 3.89. The zero-order valence-corrected chi connectivity index (χ0v) is 19.1. The van der Waals surface area contributed by atoms with Crippen LogP contribution in [0.5, 0.6) is 0 Å². The van der Waals surface area contributed by atoms with E-state index in [1.165, 1.54) is 56.9 Å². The second kappa shape index (κ2) is 7.09. The largest absolute Gasteiger partial charge is 0.462 e. The molecule has 6 aliphatic rings. The number of rotatable bonds is 4. The van der Waals surface area contributed by atoms with Crippen LogP contribution < -0.4 is 5.32 Å². The number of carbonyl (C=O) groups excluding carboxylic acids is 1. The second-order valence-corrected chi connectivity index (χ2v) is 12.5. The summed E-state index contributed by atoms with van der Waals surface area (Å²) >= 11 is 0. The fourth-order valence-corrected chi connectivity index (χ4v) is 9.66. The Labute approximate surface area is 182 Å². The zero-order valence-electron chi connectivity index (χ0n) is 19.1. The standard InChI is InChI=1S/C27H41NO2/c1-15-5-4-8-27(3)13-24-21(12-23(15)27)22(26(29)30-24)14-28-16(2)25-19-7-6-18-9-17(10-19)11-20(18)25/h16-25,28H,1,4-14H2,2-3H3/t16-,17+,18+,19-,20+,21-,22-,23-,24-,25+,27-/m1/s1. The third-order valence-electron chi connectivity index (χ3n) is 11.0. The Balaban J connectivity index is 1.13. The third kappa shape index (κ3) is 2.97. The monoisotopic (exact) mass is 411 g/mol. The number of hydrogen-bond acceptors (Lipinski definition) is 3. The maximum Gasteiger partial charge on any atom is 0.310 e. The maximum absolute atomic E-state index is 12.9. The van der Waals surface area contributed by atoms with Crippen molar-refractivity contribution in [1.82, 2.24) is 5.32 Å². The Morgan fingerprint density at radius 1 is 1.17 bits per heavy atom. The highest BCUT2D eigenvalue weighted by Gasteiger charge is 2.56. The number of carbonyl (C=O) groups is 1. The van der Waals surface area contributed by atoms with Gasteiger partial charge in [0.2, 0.25) is 0 Å². The van der Waals surface area contributed by atoms with E-state index in [0.29, 0.717) is 23.3 Å². The highest BCUT2D eigenvalue weighted by atomic mass is 16.6. The van der Waals surface area contributed by atoms with Crippen LogP contribution in [0, 0.1) is 52.8 Å². The van der Waals surface area contributed by atoms with Gasteiger partial charge in [0.15, 0.2) is 0 Å². The van der Waals surface area contributed by atoms with E-state index in [-0.39, 0.29) is 18.0 Å². The van der Waals surface area contributed by atoms with Crippen molar-refractivity contribution >= 4 is 5.97 Å². The van der Waals surface area contributed by atoms with Gasteiger partial charge in [0.1, 0.15) is 6.10 Å². The molecule has 6 fully saturated rings. The van der Waals surface area contributed by atoms with Crippen LogP contribution in [0.3, 0.4) is 0 Å². The van der Waals surface area contributed by atoms with E-state index < -0.39 is 0 Å². The van der Waals surface area contributed by atoms with Gasteiger partial charge in [0, 0.05) is 18.5 Å². The van der Waals surface area contributed by atoms with Crippen molar-refractivity contribution in [3.63, 3.8) is 0 Å². The van der Waals surface area contributed by atoms with E-state index in [1.54, 1.807) is 0 Å². The number of nitrogens with one attached hydrogen (secondary N) is 1. The van der Waals surface area contributed by atoms with Crippen LogP contribution in [0.1, 0.15) is 78.1 Å². The van der Waals surface area contributed by atoms with Gasteiger partial charge in [-0.15, -0.1) is 0 Å². The van der Waals surface area contributed by atoms with Crippen molar-refractivity contribution in [3.8, 4) is 0 Å². The molecule has 1 heterocycles. The lowest BCUT2D eigenvalue weighted by Crippen LogP contribution is -2.49. The number of fused-ring (bicyclic) bond motifs is 4. The van der Waals surface area contributed by atoms with E-state index in [0.717, 1.165) is 49.0 Å². The molecule has 5 aliphatic carbocycles. The van der Waals surface area contributed by atoms with Gasteiger partial charge in [-0.2, -0.15) is 0 Å². The molecule has 3 heteroatoms. The lowest BCUT2D eigenvalue weighted by molar-refractivity contribution is -0.146. The van der Waals surface area contributed by atoms with Crippen molar-refractivity contribution in [3.05, 3.63) is 12.2 Å². The quantitative estimate of drug-likeness (QED) is 0.500. The van der Waals surface area contributed by atoms with Gasteiger partial charge in [0.25, 0.3) is 0 Å². The third-order valence-corrected chi connectivity index (χ3v) is 11.0. The summed E-state index contributed by atoms with van der Waals surface area (Å²) in [6.07, 6.45) is 13.4. The molecule has 0 aromatic heterocycles. The van der Waals surface area contributed by atoms with E-state index >= 15 is 0 Å². The fraction of sp³-hybridized carbons (Fsp3) is 0.889. The maximum atomic E-state index is 12.9.